The number of fused-ring (bicyclic) bond motifs is 1. The third kappa shape index (κ3) is 3.50. The number of nitrogens with zero attached hydrogens (tertiary/aromatic N) is 3. The highest BCUT2D eigenvalue weighted by Gasteiger charge is 2.18. The molecule has 0 bridgehead atoms. The van der Waals surface area contributed by atoms with Crippen molar-refractivity contribution in [1.82, 2.24) is 14.8 Å². The maximum absolute atomic E-state index is 5.47. The van der Waals surface area contributed by atoms with Crippen molar-refractivity contribution in [3.63, 3.8) is 0 Å². The highest BCUT2D eigenvalue weighted by atomic mass is 32.2. The molecule has 3 aromatic rings. The fourth-order valence-corrected chi connectivity index (χ4v) is 3.79. The fraction of sp³-hybridized carbons (Fsp3) is 0.200. The molecule has 2 aromatic carbocycles. The molecule has 1 aliphatic heterocycles. The van der Waals surface area contributed by atoms with Gasteiger partial charge in [-0.2, -0.15) is 0 Å². The number of methoxy groups -OCH3 is 1. The van der Waals surface area contributed by atoms with E-state index in [1.807, 2.05) is 53.1 Å². The van der Waals surface area contributed by atoms with E-state index in [4.69, 9.17) is 14.2 Å². The molecule has 27 heavy (non-hydrogen) atoms. The van der Waals surface area contributed by atoms with Gasteiger partial charge < -0.3 is 14.2 Å². The van der Waals surface area contributed by atoms with Crippen LogP contribution < -0.4 is 14.2 Å². The molecule has 138 valence electrons. The van der Waals surface area contributed by atoms with Gasteiger partial charge in [0.15, 0.2) is 22.5 Å². The Hall–Kier alpha value is -2.93. The standard InChI is InChI=1S/C20H19N3O3S/c1-3-10-23-19(15-6-4-5-7-16(15)24-2)21-22-20(23)27-12-14-8-9-17-18(11-14)26-13-25-17/h3-9,11H,1,10,12-13H2,2H3. The van der Waals surface area contributed by atoms with Crippen LogP contribution in [0.2, 0.25) is 0 Å². The van der Waals surface area contributed by atoms with Crippen LogP contribution in [0.15, 0.2) is 60.3 Å². The number of rotatable bonds is 7. The Labute approximate surface area is 161 Å². The van der Waals surface area contributed by atoms with Gasteiger partial charge in [-0.25, -0.2) is 0 Å². The third-order valence-electron chi connectivity index (χ3n) is 4.18. The van der Waals surface area contributed by atoms with Crippen LogP contribution in [0.25, 0.3) is 11.4 Å². The summed E-state index contributed by atoms with van der Waals surface area (Å²) in [6.07, 6.45) is 1.84. The average Bonchev–Trinajstić information content (AvgIpc) is 3.33. The first kappa shape index (κ1) is 17.5. The quantitative estimate of drug-likeness (QED) is 0.452. The maximum atomic E-state index is 5.47. The number of allylic oxidation sites excluding steroid dienone is 1. The molecule has 6 nitrogen and oxygen atoms in total. The van der Waals surface area contributed by atoms with Gasteiger partial charge in [-0.1, -0.05) is 36.0 Å². The topological polar surface area (TPSA) is 58.4 Å². The molecule has 0 unspecified atom stereocenters. The summed E-state index contributed by atoms with van der Waals surface area (Å²) in [7, 11) is 1.66. The lowest BCUT2D eigenvalue weighted by molar-refractivity contribution is 0.174. The van der Waals surface area contributed by atoms with Gasteiger partial charge in [0.05, 0.1) is 12.7 Å². The number of benzene rings is 2. The number of aromatic nitrogens is 3. The number of hydrogen-bond donors (Lipinski definition) is 0. The van der Waals surface area contributed by atoms with Gasteiger partial charge >= 0.3 is 0 Å². The second-order valence-electron chi connectivity index (χ2n) is 5.88. The second-order valence-corrected chi connectivity index (χ2v) is 6.82. The van der Waals surface area contributed by atoms with Gasteiger partial charge in [0.2, 0.25) is 6.79 Å². The van der Waals surface area contributed by atoms with Gasteiger partial charge in [0.25, 0.3) is 0 Å². The summed E-state index contributed by atoms with van der Waals surface area (Å²) in [6, 6.07) is 13.8. The van der Waals surface area contributed by atoms with Crippen LogP contribution in [0.4, 0.5) is 0 Å². The van der Waals surface area contributed by atoms with Crippen molar-refractivity contribution >= 4 is 11.8 Å². The monoisotopic (exact) mass is 381 g/mol. The molecule has 0 N–H and O–H groups in total. The summed E-state index contributed by atoms with van der Waals surface area (Å²) in [5.41, 5.74) is 2.04. The number of thioether (sulfide) groups is 1. The second kappa shape index (κ2) is 7.75. The zero-order valence-electron chi connectivity index (χ0n) is 14.9. The molecule has 2 heterocycles. The van der Waals surface area contributed by atoms with E-state index in [0.717, 1.165) is 45.1 Å². The summed E-state index contributed by atoms with van der Waals surface area (Å²) in [4.78, 5) is 0. The minimum absolute atomic E-state index is 0.280. The van der Waals surface area contributed by atoms with Crippen molar-refractivity contribution < 1.29 is 14.2 Å². The van der Waals surface area contributed by atoms with Gasteiger partial charge in [-0.3, -0.25) is 4.57 Å². The average molecular weight is 381 g/mol. The van der Waals surface area contributed by atoms with Crippen molar-refractivity contribution in [2.75, 3.05) is 13.9 Å². The first-order chi connectivity index (χ1) is 13.3. The highest BCUT2D eigenvalue weighted by Crippen LogP contribution is 2.35. The Bertz CT molecular complexity index is 971. The van der Waals surface area contributed by atoms with E-state index in [9.17, 15) is 0 Å². The molecule has 0 saturated carbocycles. The van der Waals surface area contributed by atoms with E-state index in [1.54, 1.807) is 18.9 Å². The molecule has 0 saturated heterocycles. The van der Waals surface area contributed by atoms with Gasteiger partial charge in [-0.15, -0.1) is 16.8 Å². The smallest absolute Gasteiger partial charge is 0.231 e. The van der Waals surface area contributed by atoms with Crippen molar-refractivity contribution in [3.8, 4) is 28.6 Å². The Morgan fingerprint density at radius 3 is 2.89 bits per heavy atom. The Morgan fingerprint density at radius 2 is 2.04 bits per heavy atom. The number of hydrogen-bond acceptors (Lipinski definition) is 6. The Kier molecular flexibility index (Phi) is 5.02. The van der Waals surface area contributed by atoms with Crippen molar-refractivity contribution in [2.24, 2.45) is 0 Å². The van der Waals surface area contributed by atoms with Crippen LogP contribution in [0.5, 0.6) is 17.2 Å². The minimum Gasteiger partial charge on any atom is -0.496 e. The minimum atomic E-state index is 0.280. The molecule has 0 fully saturated rings. The predicted molar refractivity (Wildman–Crippen MR) is 104 cm³/mol. The lowest BCUT2D eigenvalue weighted by Crippen LogP contribution is -2.01. The van der Waals surface area contributed by atoms with Crippen LogP contribution in [0, 0.1) is 0 Å². The van der Waals surface area contributed by atoms with Crippen LogP contribution in [0.1, 0.15) is 5.56 Å². The van der Waals surface area contributed by atoms with E-state index in [0.29, 0.717) is 6.54 Å². The van der Waals surface area contributed by atoms with E-state index in [2.05, 4.69) is 16.8 Å². The summed E-state index contributed by atoms with van der Waals surface area (Å²) in [5, 5.41) is 9.62. The Balaban J connectivity index is 1.60. The Morgan fingerprint density at radius 1 is 1.19 bits per heavy atom. The summed E-state index contributed by atoms with van der Waals surface area (Å²) < 4.78 is 18.3. The van der Waals surface area contributed by atoms with Crippen LogP contribution in [0.3, 0.4) is 0 Å². The van der Waals surface area contributed by atoms with Crippen molar-refractivity contribution in [2.45, 2.75) is 17.5 Å². The number of ether oxygens (including phenoxy) is 3. The highest BCUT2D eigenvalue weighted by molar-refractivity contribution is 7.98. The fourth-order valence-electron chi connectivity index (χ4n) is 2.90. The van der Waals surface area contributed by atoms with Crippen LogP contribution >= 0.6 is 11.8 Å². The number of para-hydroxylation sites is 1. The maximum Gasteiger partial charge on any atom is 0.231 e. The lowest BCUT2D eigenvalue weighted by Gasteiger charge is -2.10. The molecular weight excluding hydrogens is 362 g/mol. The molecule has 1 aliphatic rings. The van der Waals surface area contributed by atoms with Crippen LogP contribution in [-0.2, 0) is 12.3 Å². The molecule has 0 radical (unpaired) electrons. The molecule has 4 rings (SSSR count). The summed E-state index contributed by atoms with van der Waals surface area (Å²) in [5.74, 6) is 3.85. The van der Waals surface area contributed by atoms with Crippen LogP contribution in [-0.4, -0.2) is 28.7 Å². The third-order valence-corrected chi connectivity index (χ3v) is 5.22. The van der Waals surface area contributed by atoms with Gasteiger partial charge in [0, 0.05) is 12.3 Å². The predicted octanol–water partition coefficient (Wildman–Crippen LogP) is 4.16. The first-order valence-corrected chi connectivity index (χ1v) is 9.47. The molecular formula is C20H19N3O3S. The van der Waals surface area contributed by atoms with E-state index in [-0.39, 0.29) is 6.79 Å². The van der Waals surface area contributed by atoms with E-state index in [1.165, 1.54) is 0 Å². The largest absolute Gasteiger partial charge is 0.496 e. The van der Waals surface area contributed by atoms with E-state index < -0.39 is 0 Å². The molecule has 0 atom stereocenters. The molecule has 0 spiro atoms. The van der Waals surface area contributed by atoms with Gasteiger partial charge in [-0.05, 0) is 29.8 Å². The molecule has 1 aromatic heterocycles. The normalized spacial score (nSPS) is 12.2. The molecule has 0 amide bonds. The zero-order chi connectivity index (χ0) is 18.6. The van der Waals surface area contributed by atoms with E-state index >= 15 is 0 Å². The lowest BCUT2D eigenvalue weighted by atomic mass is 10.2. The van der Waals surface area contributed by atoms with Crippen molar-refractivity contribution in [1.29, 1.82) is 0 Å². The SMILES string of the molecule is C=CCn1c(SCc2ccc3c(c2)OCO3)nnc1-c1ccccc1OC. The molecule has 7 heteroatoms. The first-order valence-electron chi connectivity index (χ1n) is 8.49. The summed E-state index contributed by atoms with van der Waals surface area (Å²) in [6.45, 7) is 4.76. The summed E-state index contributed by atoms with van der Waals surface area (Å²) >= 11 is 1.62. The zero-order valence-corrected chi connectivity index (χ0v) is 15.7. The van der Waals surface area contributed by atoms with Crippen molar-refractivity contribution in [3.05, 3.63) is 60.7 Å². The molecule has 0 aliphatic carbocycles. The van der Waals surface area contributed by atoms with Gasteiger partial charge in [0.1, 0.15) is 5.75 Å².